The van der Waals surface area contributed by atoms with Crippen LogP contribution in [-0.4, -0.2) is 34.9 Å². The molecule has 17 heavy (non-hydrogen) atoms. The first kappa shape index (κ1) is 12.3. The Hall–Kier alpha value is -1.12. The predicted molar refractivity (Wildman–Crippen MR) is 70.3 cm³/mol. The van der Waals surface area contributed by atoms with Gasteiger partial charge in [-0.3, -0.25) is 4.90 Å². The van der Waals surface area contributed by atoms with Gasteiger partial charge >= 0.3 is 0 Å². The molecule has 4 nitrogen and oxygen atoms in total. The van der Waals surface area contributed by atoms with E-state index in [0.717, 1.165) is 23.8 Å². The van der Waals surface area contributed by atoms with E-state index in [-0.39, 0.29) is 0 Å². The van der Waals surface area contributed by atoms with Gasteiger partial charge < -0.3 is 5.32 Å². The number of likely N-dealkylation sites (N-methyl/N-ethyl adjacent to an activating group) is 1. The van der Waals surface area contributed by atoms with Crippen LogP contribution in [0.4, 0.5) is 5.00 Å². The highest BCUT2D eigenvalue weighted by atomic mass is 32.1. The number of nitriles is 1. The van der Waals surface area contributed by atoms with Crippen molar-refractivity contribution >= 4 is 16.5 Å². The minimum atomic E-state index is 0.606. The molecule has 0 bridgehead atoms. The summed E-state index contributed by atoms with van der Waals surface area (Å²) < 4.78 is 4.21. The lowest BCUT2D eigenvalue weighted by molar-refractivity contribution is 0.277. The van der Waals surface area contributed by atoms with Crippen molar-refractivity contribution in [3.63, 3.8) is 0 Å². The Kier molecular flexibility index (Phi) is 3.97. The minimum Gasteiger partial charge on any atom is -0.373 e. The molecule has 2 rings (SSSR count). The molecule has 0 saturated carbocycles. The zero-order chi connectivity index (χ0) is 12.3. The maximum absolute atomic E-state index is 9.04. The van der Waals surface area contributed by atoms with Gasteiger partial charge in [-0.15, -0.1) is 0 Å². The summed E-state index contributed by atoms with van der Waals surface area (Å²) >= 11 is 1.39. The number of hydrogen-bond donors (Lipinski definition) is 1. The third-order valence-corrected chi connectivity index (χ3v) is 4.27. The largest absolute Gasteiger partial charge is 0.373 e. The standard InChI is InChI=1S/C12H18N4S/c1-3-16-6-4-5-10(16)8-14-12-11(7-13)9(2)15-17-12/h10,14H,3-6,8H2,1-2H3. The summed E-state index contributed by atoms with van der Waals surface area (Å²) in [7, 11) is 0. The maximum atomic E-state index is 9.04. The second kappa shape index (κ2) is 5.48. The average molecular weight is 250 g/mol. The van der Waals surface area contributed by atoms with E-state index in [1.54, 1.807) is 0 Å². The van der Waals surface area contributed by atoms with Crippen LogP contribution in [0.3, 0.4) is 0 Å². The molecular formula is C12H18N4S. The molecule has 1 N–H and O–H groups in total. The second-order valence-electron chi connectivity index (χ2n) is 4.39. The Morgan fingerprint density at radius 2 is 2.47 bits per heavy atom. The molecule has 1 atom stereocenters. The highest BCUT2D eigenvalue weighted by Crippen LogP contribution is 2.24. The van der Waals surface area contributed by atoms with Crippen molar-refractivity contribution in [2.45, 2.75) is 32.7 Å². The molecule has 0 spiro atoms. The average Bonchev–Trinajstić information content (AvgIpc) is 2.92. The zero-order valence-corrected chi connectivity index (χ0v) is 11.2. The van der Waals surface area contributed by atoms with E-state index in [9.17, 15) is 0 Å². The number of nitrogens with zero attached hydrogens (tertiary/aromatic N) is 3. The molecule has 0 radical (unpaired) electrons. The summed E-state index contributed by atoms with van der Waals surface area (Å²) in [5.74, 6) is 0. The first-order valence-electron chi connectivity index (χ1n) is 6.10. The van der Waals surface area contributed by atoms with Gasteiger partial charge in [0.05, 0.1) is 5.69 Å². The third kappa shape index (κ3) is 2.59. The number of aromatic nitrogens is 1. The van der Waals surface area contributed by atoms with Gasteiger partial charge in [0, 0.05) is 12.6 Å². The van der Waals surface area contributed by atoms with Crippen LogP contribution in [-0.2, 0) is 0 Å². The second-order valence-corrected chi connectivity index (χ2v) is 5.16. The lowest BCUT2D eigenvalue weighted by Crippen LogP contribution is -2.34. The van der Waals surface area contributed by atoms with Crippen LogP contribution >= 0.6 is 11.5 Å². The molecule has 1 saturated heterocycles. The van der Waals surface area contributed by atoms with Crippen LogP contribution in [0.15, 0.2) is 0 Å². The maximum Gasteiger partial charge on any atom is 0.127 e. The van der Waals surface area contributed by atoms with Crippen molar-refractivity contribution in [2.24, 2.45) is 0 Å². The van der Waals surface area contributed by atoms with E-state index in [0.29, 0.717) is 11.6 Å². The van der Waals surface area contributed by atoms with Crippen LogP contribution in [0.2, 0.25) is 0 Å². The van der Waals surface area contributed by atoms with E-state index in [1.165, 1.54) is 30.9 Å². The van der Waals surface area contributed by atoms with E-state index < -0.39 is 0 Å². The molecule has 5 heteroatoms. The quantitative estimate of drug-likeness (QED) is 0.890. The van der Waals surface area contributed by atoms with Gasteiger partial charge in [-0.25, -0.2) is 0 Å². The Labute approximate surface area is 106 Å². The normalized spacial score (nSPS) is 20.4. The number of aryl methyl sites for hydroxylation is 1. The Balaban J connectivity index is 1.96. The molecule has 1 unspecified atom stereocenters. The topological polar surface area (TPSA) is 52.0 Å². The first-order valence-corrected chi connectivity index (χ1v) is 6.88. The summed E-state index contributed by atoms with van der Waals surface area (Å²) in [6.45, 7) is 7.32. The Morgan fingerprint density at radius 3 is 3.18 bits per heavy atom. The molecule has 92 valence electrons. The molecule has 2 heterocycles. The fourth-order valence-corrected chi connectivity index (χ4v) is 3.13. The van der Waals surface area contributed by atoms with Crippen molar-refractivity contribution in [1.29, 1.82) is 5.26 Å². The van der Waals surface area contributed by atoms with Gasteiger partial charge in [0.1, 0.15) is 16.6 Å². The van der Waals surface area contributed by atoms with Gasteiger partial charge in [0.25, 0.3) is 0 Å². The zero-order valence-electron chi connectivity index (χ0n) is 10.4. The van der Waals surface area contributed by atoms with Crippen LogP contribution < -0.4 is 5.32 Å². The third-order valence-electron chi connectivity index (χ3n) is 3.38. The van der Waals surface area contributed by atoms with Crippen molar-refractivity contribution < 1.29 is 0 Å². The molecular weight excluding hydrogens is 232 g/mol. The van der Waals surface area contributed by atoms with Crippen molar-refractivity contribution in [3.8, 4) is 6.07 Å². The van der Waals surface area contributed by atoms with Crippen molar-refractivity contribution in [1.82, 2.24) is 9.27 Å². The van der Waals surface area contributed by atoms with Gasteiger partial charge in [-0.05, 0) is 44.4 Å². The predicted octanol–water partition coefficient (Wildman–Crippen LogP) is 2.22. The van der Waals surface area contributed by atoms with Crippen molar-refractivity contribution in [2.75, 3.05) is 25.0 Å². The van der Waals surface area contributed by atoms with E-state index >= 15 is 0 Å². The highest BCUT2D eigenvalue weighted by molar-refractivity contribution is 7.10. The molecule has 0 aromatic carbocycles. The van der Waals surface area contributed by atoms with E-state index in [2.05, 4.69) is 27.6 Å². The van der Waals surface area contributed by atoms with Crippen LogP contribution in [0.5, 0.6) is 0 Å². The number of hydrogen-bond acceptors (Lipinski definition) is 5. The van der Waals surface area contributed by atoms with Crippen molar-refractivity contribution in [3.05, 3.63) is 11.3 Å². The fourth-order valence-electron chi connectivity index (χ4n) is 2.38. The van der Waals surface area contributed by atoms with E-state index in [1.807, 2.05) is 6.92 Å². The summed E-state index contributed by atoms with van der Waals surface area (Å²) in [4.78, 5) is 2.49. The van der Waals surface area contributed by atoms with Gasteiger partial charge in [-0.2, -0.15) is 9.64 Å². The minimum absolute atomic E-state index is 0.606. The molecule has 1 fully saturated rings. The number of anilines is 1. The summed E-state index contributed by atoms with van der Waals surface area (Å²) in [6, 6.07) is 2.82. The van der Waals surface area contributed by atoms with Crippen LogP contribution in [0.1, 0.15) is 31.0 Å². The molecule has 1 aromatic rings. The lowest BCUT2D eigenvalue weighted by atomic mass is 10.2. The van der Waals surface area contributed by atoms with Crippen LogP contribution in [0, 0.1) is 18.3 Å². The highest BCUT2D eigenvalue weighted by Gasteiger charge is 2.23. The summed E-state index contributed by atoms with van der Waals surface area (Å²) in [5, 5.41) is 13.4. The fraction of sp³-hybridized carbons (Fsp3) is 0.667. The molecule has 0 amide bonds. The Morgan fingerprint density at radius 1 is 1.65 bits per heavy atom. The molecule has 1 aliphatic rings. The van der Waals surface area contributed by atoms with E-state index in [4.69, 9.17) is 5.26 Å². The SMILES string of the molecule is CCN1CCCC1CNc1snc(C)c1C#N. The lowest BCUT2D eigenvalue weighted by Gasteiger charge is -2.22. The number of nitrogens with one attached hydrogen (secondary N) is 1. The monoisotopic (exact) mass is 250 g/mol. The first-order chi connectivity index (χ1) is 8.26. The molecule has 1 aliphatic heterocycles. The van der Waals surface area contributed by atoms with Gasteiger partial charge in [0.2, 0.25) is 0 Å². The number of likely N-dealkylation sites (tertiary alicyclic amines) is 1. The smallest absolute Gasteiger partial charge is 0.127 e. The molecule has 0 aliphatic carbocycles. The van der Waals surface area contributed by atoms with Crippen LogP contribution in [0.25, 0.3) is 0 Å². The summed E-state index contributed by atoms with van der Waals surface area (Å²) in [5.41, 5.74) is 1.54. The van der Waals surface area contributed by atoms with Gasteiger partial charge in [-0.1, -0.05) is 6.92 Å². The number of rotatable bonds is 4. The molecule has 1 aromatic heterocycles. The summed E-state index contributed by atoms with van der Waals surface area (Å²) in [6.07, 6.45) is 2.54. The van der Waals surface area contributed by atoms with Gasteiger partial charge in [0.15, 0.2) is 0 Å². The Bertz CT molecular complexity index is 421.